The highest BCUT2D eigenvalue weighted by molar-refractivity contribution is 7.70. The van der Waals surface area contributed by atoms with E-state index in [1.807, 2.05) is 30.3 Å². The second-order valence-electron chi connectivity index (χ2n) is 4.55. The molecule has 0 amide bonds. The van der Waals surface area contributed by atoms with Gasteiger partial charge in [0.05, 0.1) is 19.5 Å². The molecule has 1 rings (SSSR count). The van der Waals surface area contributed by atoms with Crippen LogP contribution in [0.25, 0.3) is 0 Å². The lowest BCUT2D eigenvalue weighted by Crippen LogP contribution is -3.00. The number of hydrogen-bond acceptors (Lipinski definition) is 1. The van der Waals surface area contributed by atoms with E-state index >= 15 is 0 Å². The summed E-state index contributed by atoms with van der Waals surface area (Å²) in [6, 6.07) is 10.1. The topological polar surface area (TPSA) is 9.23 Å². The first-order valence-corrected chi connectivity index (χ1v) is 7.86. The van der Waals surface area contributed by atoms with Gasteiger partial charge in [0.15, 0.2) is 13.2 Å². The third kappa shape index (κ3) is 6.17. The molecule has 0 aliphatic rings. The van der Waals surface area contributed by atoms with Crippen molar-refractivity contribution in [1.29, 1.82) is 0 Å². The molecule has 86 valence electrons. The van der Waals surface area contributed by atoms with E-state index in [1.54, 1.807) is 0 Å². The zero-order valence-electron chi connectivity index (χ0n) is 9.90. The Morgan fingerprint density at radius 1 is 1.13 bits per heavy atom. The Kier molecular flexibility index (Phi) is 6.47. The van der Waals surface area contributed by atoms with Gasteiger partial charge in [-0.1, -0.05) is 32.0 Å². The van der Waals surface area contributed by atoms with Gasteiger partial charge in [-0.25, -0.2) is 0 Å². The fraction of sp³-hybridized carbons (Fsp3) is 0.500. The van der Waals surface area contributed by atoms with E-state index in [0.29, 0.717) is 5.92 Å². The summed E-state index contributed by atoms with van der Waals surface area (Å²) in [5, 5.41) is 0. The van der Waals surface area contributed by atoms with Gasteiger partial charge in [0.1, 0.15) is 0 Å². The zero-order valence-corrected chi connectivity index (χ0v) is 12.4. The minimum Gasteiger partial charge on any atom is -1.00 e. The van der Waals surface area contributed by atoms with Gasteiger partial charge < -0.3 is 21.5 Å². The quantitative estimate of drug-likeness (QED) is 0.750. The number of benzene rings is 1. The van der Waals surface area contributed by atoms with Crippen LogP contribution in [0.15, 0.2) is 30.3 Å². The highest BCUT2D eigenvalue weighted by Crippen LogP contribution is 2.53. The van der Waals surface area contributed by atoms with Gasteiger partial charge in [-0.15, -0.1) is 0 Å². The van der Waals surface area contributed by atoms with E-state index in [9.17, 15) is 0 Å². The summed E-state index contributed by atoms with van der Waals surface area (Å²) in [4.78, 5) is 0. The summed E-state index contributed by atoms with van der Waals surface area (Å²) in [7, 11) is -1.22. The molecule has 3 heteroatoms. The monoisotopic (exact) mass is 290 g/mol. The van der Waals surface area contributed by atoms with Crippen LogP contribution in [0.4, 0.5) is 0 Å². The average molecular weight is 291 g/mol. The maximum absolute atomic E-state index is 6.02. The summed E-state index contributed by atoms with van der Waals surface area (Å²) < 4.78 is 6.02. The third-order valence-electron chi connectivity index (χ3n) is 1.90. The molecule has 1 nitrogen and oxygen atoms in total. The molecule has 0 heterocycles. The Bertz CT molecular complexity index is 272. The zero-order chi connectivity index (χ0) is 10.6. The van der Waals surface area contributed by atoms with Gasteiger partial charge >= 0.3 is 0 Å². The summed E-state index contributed by atoms with van der Waals surface area (Å²) in [6.07, 6.45) is 1.18. The number of rotatable bonds is 4. The molecule has 0 saturated heterocycles. The smallest absolute Gasteiger partial charge is 0.185 e. The van der Waals surface area contributed by atoms with E-state index in [1.165, 1.54) is 6.16 Å². The van der Waals surface area contributed by atoms with Crippen LogP contribution in [0.5, 0.6) is 5.75 Å². The second-order valence-corrected chi connectivity index (χ2v) is 8.25. The summed E-state index contributed by atoms with van der Waals surface area (Å²) >= 11 is 0. The predicted molar refractivity (Wildman–Crippen MR) is 65.5 cm³/mol. The molecular weight excluding hydrogens is 271 g/mol. The molecule has 15 heavy (non-hydrogen) atoms. The second kappa shape index (κ2) is 6.50. The van der Waals surface area contributed by atoms with Crippen molar-refractivity contribution in [2.45, 2.75) is 13.8 Å². The normalized spacial score (nSPS) is 11.0. The highest BCUT2D eigenvalue weighted by Gasteiger charge is 2.29. The van der Waals surface area contributed by atoms with Crippen LogP contribution >= 0.6 is 7.49 Å². The van der Waals surface area contributed by atoms with E-state index < -0.39 is 7.49 Å². The van der Waals surface area contributed by atoms with Gasteiger partial charge in [-0.3, -0.25) is 0 Å². The van der Waals surface area contributed by atoms with Crippen molar-refractivity contribution in [3.63, 3.8) is 0 Å². The van der Waals surface area contributed by atoms with Gasteiger partial charge in [0, 0.05) is 0 Å². The van der Waals surface area contributed by atoms with Gasteiger partial charge in [0.25, 0.3) is 0 Å². The number of hydrogen-bond donors (Lipinski definition) is 0. The van der Waals surface area contributed by atoms with Crippen LogP contribution in [0.1, 0.15) is 13.8 Å². The Hall–Kier alpha value is -0.0700. The first kappa shape index (κ1) is 14.9. The Morgan fingerprint density at radius 3 is 2.13 bits per heavy atom. The lowest BCUT2D eigenvalue weighted by atomic mass is 10.3. The molecule has 0 radical (unpaired) electrons. The lowest BCUT2D eigenvalue weighted by Gasteiger charge is -2.19. The number of halogens is 1. The highest BCUT2D eigenvalue weighted by atomic mass is 79.9. The van der Waals surface area contributed by atoms with E-state index in [2.05, 4.69) is 27.2 Å². The van der Waals surface area contributed by atoms with E-state index in [0.717, 1.165) is 5.75 Å². The van der Waals surface area contributed by atoms with Crippen LogP contribution in [0.3, 0.4) is 0 Å². The first-order chi connectivity index (χ1) is 6.49. The maximum Gasteiger partial charge on any atom is 0.185 e. The van der Waals surface area contributed by atoms with Crippen molar-refractivity contribution >= 4 is 7.49 Å². The molecular formula is C12H20BrOP. The molecule has 0 N–H and O–H groups in total. The SMILES string of the molecule is CC(C)C[P+](C)(C)Oc1ccccc1.[Br-]. The largest absolute Gasteiger partial charge is 1.00 e. The van der Waals surface area contributed by atoms with Crippen LogP contribution in [-0.2, 0) is 0 Å². The third-order valence-corrected chi connectivity index (χ3v) is 4.22. The molecule has 0 aliphatic carbocycles. The standard InChI is InChI=1S/C12H20OP.BrH/c1-11(2)10-14(3,4)13-12-8-6-5-7-9-12;/h5-9,11H,10H2,1-4H3;1H/q+1;/p-1. The Labute approximate surface area is 104 Å². The van der Waals surface area contributed by atoms with Crippen LogP contribution in [0.2, 0.25) is 0 Å². The fourth-order valence-electron chi connectivity index (χ4n) is 1.68. The van der Waals surface area contributed by atoms with Crippen molar-refractivity contribution in [2.24, 2.45) is 5.92 Å². The van der Waals surface area contributed by atoms with Crippen molar-refractivity contribution in [2.75, 3.05) is 19.5 Å². The molecule has 0 bridgehead atoms. The molecule has 0 atom stereocenters. The van der Waals surface area contributed by atoms with Crippen LogP contribution < -0.4 is 21.5 Å². The predicted octanol–water partition coefficient (Wildman–Crippen LogP) is 0.918. The Balaban J connectivity index is 0.00000196. The van der Waals surface area contributed by atoms with Gasteiger partial charge in [-0.05, 0) is 18.1 Å². The van der Waals surface area contributed by atoms with Crippen molar-refractivity contribution in [3.8, 4) is 5.75 Å². The molecule has 0 aliphatic heterocycles. The first-order valence-electron chi connectivity index (χ1n) is 5.07. The molecule has 0 aromatic heterocycles. The van der Waals surface area contributed by atoms with Gasteiger partial charge in [-0.2, -0.15) is 0 Å². The molecule has 0 fully saturated rings. The minimum atomic E-state index is -1.22. The minimum absolute atomic E-state index is 0. The number of para-hydroxylation sites is 1. The van der Waals surface area contributed by atoms with Crippen molar-refractivity contribution < 1.29 is 21.5 Å². The summed E-state index contributed by atoms with van der Waals surface area (Å²) in [5.74, 6) is 1.72. The lowest BCUT2D eigenvalue weighted by molar-refractivity contribution is -0.00000410. The van der Waals surface area contributed by atoms with Crippen molar-refractivity contribution in [1.82, 2.24) is 0 Å². The van der Waals surface area contributed by atoms with Crippen LogP contribution in [-0.4, -0.2) is 19.5 Å². The van der Waals surface area contributed by atoms with E-state index in [4.69, 9.17) is 4.52 Å². The van der Waals surface area contributed by atoms with Crippen LogP contribution in [0, 0.1) is 5.92 Å². The molecule has 0 spiro atoms. The van der Waals surface area contributed by atoms with Gasteiger partial charge in [0.2, 0.25) is 0 Å². The Morgan fingerprint density at radius 2 is 1.67 bits per heavy atom. The molecule has 1 aromatic carbocycles. The van der Waals surface area contributed by atoms with Crippen molar-refractivity contribution in [3.05, 3.63) is 30.3 Å². The summed E-state index contributed by atoms with van der Waals surface area (Å²) in [6.45, 7) is 8.99. The average Bonchev–Trinajstić information content (AvgIpc) is 2.02. The fourth-order valence-corrected chi connectivity index (χ4v) is 4.21. The molecule has 1 aromatic rings. The van der Waals surface area contributed by atoms with E-state index in [-0.39, 0.29) is 17.0 Å². The summed E-state index contributed by atoms with van der Waals surface area (Å²) in [5.41, 5.74) is 0. The molecule has 0 saturated carbocycles. The molecule has 0 unspecified atom stereocenters. The maximum atomic E-state index is 6.02.